The highest BCUT2D eigenvalue weighted by atomic mass is 14.8. The van der Waals surface area contributed by atoms with E-state index in [0.29, 0.717) is 0 Å². The van der Waals surface area contributed by atoms with Gasteiger partial charge in [0.2, 0.25) is 0 Å². The Hall–Kier alpha value is -1.28. The zero-order valence-electron chi connectivity index (χ0n) is 10.6. The van der Waals surface area contributed by atoms with E-state index in [9.17, 15) is 0 Å². The predicted octanol–water partition coefficient (Wildman–Crippen LogP) is 3.51. The number of aromatic nitrogens is 1. The Kier molecular flexibility index (Phi) is 2.48. The molecule has 1 aromatic carbocycles. The van der Waals surface area contributed by atoms with E-state index in [1.165, 1.54) is 46.1 Å². The Morgan fingerprint density at radius 2 is 2.06 bits per heavy atom. The number of fused-ring (bicyclic) bond motifs is 3. The number of nitrogens with one attached hydrogen (secondary N) is 1. The minimum atomic E-state index is 0.211. The van der Waals surface area contributed by atoms with Gasteiger partial charge in [-0.1, -0.05) is 12.5 Å². The average Bonchev–Trinajstić information content (AvgIpc) is 2.53. The minimum absolute atomic E-state index is 0.211. The normalized spacial score (nSPS) is 20.3. The van der Waals surface area contributed by atoms with Gasteiger partial charge in [0.15, 0.2) is 0 Å². The lowest BCUT2D eigenvalue weighted by Gasteiger charge is -2.11. The molecule has 1 unspecified atom stereocenters. The van der Waals surface area contributed by atoms with Gasteiger partial charge in [0.25, 0.3) is 0 Å². The standard InChI is InChI=1S/C15H20N2/c1-9-7-10(2)14-13(8-9)17-12-6-4-3-5-11(16)15(12)14/h7-8,11,17H,3-6,16H2,1-2H3. The van der Waals surface area contributed by atoms with Crippen molar-refractivity contribution in [2.24, 2.45) is 5.73 Å². The van der Waals surface area contributed by atoms with Gasteiger partial charge in [-0.25, -0.2) is 0 Å². The van der Waals surface area contributed by atoms with Crippen LogP contribution >= 0.6 is 0 Å². The summed E-state index contributed by atoms with van der Waals surface area (Å²) in [5.74, 6) is 0. The quantitative estimate of drug-likeness (QED) is 0.666. The minimum Gasteiger partial charge on any atom is -0.358 e. The molecule has 1 atom stereocenters. The fraction of sp³-hybridized carbons (Fsp3) is 0.467. The lowest BCUT2D eigenvalue weighted by atomic mass is 9.97. The van der Waals surface area contributed by atoms with Crippen LogP contribution in [0.3, 0.4) is 0 Å². The van der Waals surface area contributed by atoms with Crippen LogP contribution in [0.15, 0.2) is 12.1 Å². The number of aromatic amines is 1. The summed E-state index contributed by atoms with van der Waals surface area (Å²) in [5.41, 5.74) is 13.0. The first kappa shape index (κ1) is 10.8. The lowest BCUT2D eigenvalue weighted by molar-refractivity contribution is 0.617. The lowest BCUT2D eigenvalue weighted by Crippen LogP contribution is -2.09. The van der Waals surface area contributed by atoms with Crippen LogP contribution in [0.25, 0.3) is 10.9 Å². The molecule has 0 fully saturated rings. The molecule has 0 aliphatic heterocycles. The number of aryl methyl sites for hydroxylation is 3. The van der Waals surface area contributed by atoms with E-state index >= 15 is 0 Å². The average molecular weight is 228 g/mol. The molecule has 2 heteroatoms. The predicted molar refractivity (Wildman–Crippen MR) is 72.3 cm³/mol. The Labute approximate surface area is 102 Å². The van der Waals surface area contributed by atoms with Gasteiger partial charge in [0, 0.05) is 22.6 Å². The summed E-state index contributed by atoms with van der Waals surface area (Å²) >= 11 is 0. The summed E-state index contributed by atoms with van der Waals surface area (Å²) in [4.78, 5) is 3.59. The highest BCUT2D eigenvalue weighted by molar-refractivity contribution is 5.89. The van der Waals surface area contributed by atoms with Crippen LogP contribution in [-0.2, 0) is 6.42 Å². The molecule has 1 heterocycles. The van der Waals surface area contributed by atoms with Gasteiger partial charge in [0.05, 0.1) is 0 Å². The van der Waals surface area contributed by atoms with E-state index < -0.39 is 0 Å². The largest absolute Gasteiger partial charge is 0.358 e. The molecule has 3 N–H and O–H groups in total. The number of benzene rings is 1. The van der Waals surface area contributed by atoms with E-state index in [0.717, 1.165) is 12.8 Å². The van der Waals surface area contributed by atoms with Gasteiger partial charge in [0.1, 0.15) is 0 Å². The monoisotopic (exact) mass is 228 g/mol. The second-order valence-electron chi connectivity index (χ2n) is 5.37. The smallest absolute Gasteiger partial charge is 0.0464 e. The van der Waals surface area contributed by atoms with Gasteiger partial charge >= 0.3 is 0 Å². The van der Waals surface area contributed by atoms with Crippen LogP contribution in [0.5, 0.6) is 0 Å². The van der Waals surface area contributed by atoms with Gasteiger partial charge in [-0.2, -0.15) is 0 Å². The number of rotatable bonds is 0. The summed E-state index contributed by atoms with van der Waals surface area (Å²) in [6.07, 6.45) is 4.77. The Bertz CT molecular complexity index is 566. The maximum absolute atomic E-state index is 6.34. The molecule has 0 spiro atoms. The van der Waals surface area contributed by atoms with Gasteiger partial charge in [-0.05, 0) is 55.9 Å². The molecule has 2 aromatic rings. The molecular formula is C15H20N2. The van der Waals surface area contributed by atoms with Crippen molar-refractivity contribution < 1.29 is 0 Å². The second-order valence-corrected chi connectivity index (χ2v) is 5.37. The highest BCUT2D eigenvalue weighted by Crippen LogP contribution is 2.35. The maximum atomic E-state index is 6.34. The topological polar surface area (TPSA) is 41.8 Å². The Morgan fingerprint density at radius 3 is 2.88 bits per heavy atom. The molecule has 2 nitrogen and oxygen atoms in total. The van der Waals surface area contributed by atoms with Crippen molar-refractivity contribution in [2.45, 2.75) is 45.6 Å². The summed E-state index contributed by atoms with van der Waals surface area (Å²) in [6.45, 7) is 4.35. The van der Waals surface area contributed by atoms with Crippen molar-refractivity contribution in [3.63, 3.8) is 0 Å². The first-order chi connectivity index (χ1) is 8.16. The number of nitrogens with two attached hydrogens (primary N) is 1. The van der Waals surface area contributed by atoms with Crippen LogP contribution in [0.4, 0.5) is 0 Å². The third kappa shape index (κ3) is 1.67. The van der Waals surface area contributed by atoms with E-state index in [4.69, 9.17) is 5.73 Å². The van der Waals surface area contributed by atoms with E-state index in [1.807, 2.05) is 0 Å². The van der Waals surface area contributed by atoms with E-state index in [1.54, 1.807) is 0 Å². The summed E-state index contributed by atoms with van der Waals surface area (Å²) in [5, 5.41) is 1.38. The van der Waals surface area contributed by atoms with Gasteiger partial charge in [-0.3, -0.25) is 0 Å². The molecule has 3 rings (SSSR count). The molecule has 0 bridgehead atoms. The molecule has 1 aromatic heterocycles. The molecular weight excluding hydrogens is 208 g/mol. The van der Waals surface area contributed by atoms with Crippen molar-refractivity contribution in [1.29, 1.82) is 0 Å². The number of hydrogen-bond donors (Lipinski definition) is 2. The molecule has 0 radical (unpaired) electrons. The van der Waals surface area contributed by atoms with Crippen LogP contribution in [0.1, 0.15) is 47.7 Å². The molecule has 0 saturated heterocycles. The fourth-order valence-corrected chi connectivity index (χ4v) is 3.22. The zero-order chi connectivity index (χ0) is 12.0. The molecule has 90 valence electrons. The van der Waals surface area contributed by atoms with Crippen molar-refractivity contribution in [3.8, 4) is 0 Å². The third-order valence-corrected chi connectivity index (χ3v) is 3.92. The van der Waals surface area contributed by atoms with Crippen LogP contribution < -0.4 is 5.73 Å². The molecule has 0 saturated carbocycles. The fourth-order valence-electron chi connectivity index (χ4n) is 3.22. The first-order valence-corrected chi connectivity index (χ1v) is 6.54. The van der Waals surface area contributed by atoms with Crippen molar-refractivity contribution in [1.82, 2.24) is 4.98 Å². The van der Waals surface area contributed by atoms with E-state index in [-0.39, 0.29) is 6.04 Å². The number of hydrogen-bond acceptors (Lipinski definition) is 1. The molecule has 17 heavy (non-hydrogen) atoms. The third-order valence-electron chi connectivity index (χ3n) is 3.92. The Balaban J connectivity index is 2.33. The zero-order valence-corrected chi connectivity index (χ0v) is 10.6. The summed E-state index contributed by atoms with van der Waals surface area (Å²) < 4.78 is 0. The molecule has 1 aliphatic carbocycles. The van der Waals surface area contributed by atoms with Crippen LogP contribution in [0.2, 0.25) is 0 Å². The molecule has 1 aliphatic rings. The summed E-state index contributed by atoms with van der Waals surface area (Å²) in [6, 6.07) is 4.71. The van der Waals surface area contributed by atoms with Gasteiger partial charge in [-0.15, -0.1) is 0 Å². The van der Waals surface area contributed by atoms with Crippen molar-refractivity contribution in [2.75, 3.05) is 0 Å². The SMILES string of the molecule is Cc1cc(C)c2c3c([nH]c2c1)CCCCC3N. The second kappa shape index (κ2) is 3.88. The van der Waals surface area contributed by atoms with Crippen LogP contribution in [0, 0.1) is 13.8 Å². The Morgan fingerprint density at radius 1 is 1.24 bits per heavy atom. The highest BCUT2D eigenvalue weighted by Gasteiger charge is 2.21. The van der Waals surface area contributed by atoms with Gasteiger partial charge < -0.3 is 10.7 Å². The molecule has 0 amide bonds. The van der Waals surface area contributed by atoms with Crippen LogP contribution in [-0.4, -0.2) is 4.98 Å². The number of H-pyrrole nitrogens is 1. The van der Waals surface area contributed by atoms with E-state index in [2.05, 4.69) is 31.0 Å². The first-order valence-electron chi connectivity index (χ1n) is 6.54. The summed E-state index contributed by atoms with van der Waals surface area (Å²) in [7, 11) is 0. The maximum Gasteiger partial charge on any atom is 0.0464 e. The van der Waals surface area contributed by atoms with Crippen molar-refractivity contribution >= 4 is 10.9 Å². The van der Waals surface area contributed by atoms with Crippen molar-refractivity contribution in [3.05, 3.63) is 34.5 Å².